The number of ether oxygens (including phenoxy) is 1. The summed E-state index contributed by atoms with van der Waals surface area (Å²) in [6, 6.07) is 10.6. The van der Waals surface area contributed by atoms with Crippen LogP contribution in [0.4, 0.5) is 4.79 Å². The van der Waals surface area contributed by atoms with Crippen molar-refractivity contribution in [2.75, 3.05) is 39.4 Å². The summed E-state index contributed by atoms with van der Waals surface area (Å²) in [5, 5.41) is 3.09. The van der Waals surface area contributed by atoms with Crippen LogP contribution in [0.1, 0.15) is 25.8 Å². The molecule has 5 nitrogen and oxygen atoms in total. The Morgan fingerprint density at radius 3 is 2.75 bits per heavy atom. The Hall–Kier alpha value is -1.59. The highest BCUT2D eigenvalue weighted by Crippen LogP contribution is 2.23. The Morgan fingerprint density at radius 2 is 2.08 bits per heavy atom. The average molecular weight is 331 g/mol. The molecule has 24 heavy (non-hydrogen) atoms. The molecule has 0 aromatic heterocycles. The molecule has 1 atom stereocenters. The van der Waals surface area contributed by atoms with E-state index in [1.165, 1.54) is 5.56 Å². The number of piperazine rings is 1. The van der Waals surface area contributed by atoms with Crippen LogP contribution in [0.2, 0.25) is 0 Å². The van der Waals surface area contributed by atoms with Crippen molar-refractivity contribution in [2.45, 2.75) is 32.4 Å². The van der Waals surface area contributed by atoms with Gasteiger partial charge in [0.05, 0.1) is 6.61 Å². The number of carbonyl (C=O) groups is 1. The van der Waals surface area contributed by atoms with Crippen molar-refractivity contribution in [3.63, 3.8) is 0 Å². The van der Waals surface area contributed by atoms with E-state index >= 15 is 0 Å². The highest BCUT2D eigenvalue weighted by atomic mass is 16.5. The normalized spacial score (nSPS) is 24.1. The van der Waals surface area contributed by atoms with E-state index in [1.54, 1.807) is 0 Å². The Morgan fingerprint density at radius 1 is 1.29 bits per heavy atom. The van der Waals surface area contributed by atoms with Crippen LogP contribution in [-0.2, 0) is 11.3 Å². The molecule has 0 spiro atoms. The van der Waals surface area contributed by atoms with Crippen molar-refractivity contribution in [1.29, 1.82) is 0 Å². The van der Waals surface area contributed by atoms with E-state index in [2.05, 4.69) is 48.3 Å². The van der Waals surface area contributed by atoms with Crippen LogP contribution in [0, 0.1) is 5.92 Å². The predicted octanol–water partition coefficient (Wildman–Crippen LogP) is 2.33. The third-order valence-corrected chi connectivity index (χ3v) is 5.14. The highest BCUT2D eigenvalue weighted by molar-refractivity contribution is 5.74. The lowest BCUT2D eigenvalue weighted by atomic mass is 9.98. The van der Waals surface area contributed by atoms with Crippen LogP contribution in [0.5, 0.6) is 0 Å². The second kappa shape index (κ2) is 7.53. The summed E-state index contributed by atoms with van der Waals surface area (Å²) in [4.78, 5) is 16.9. The minimum atomic E-state index is -0.0259. The summed E-state index contributed by atoms with van der Waals surface area (Å²) in [5.41, 5.74) is 1.30. The summed E-state index contributed by atoms with van der Waals surface area (Å²) < 4.78 is 5.37. The maximum absolute atomic E-state index is 12.5. The van der Waals surface area contributed by atoms with Gasteiger partial charge in [-0.05, 0) is 25.8 Å². The second-order valence-corrected chi connectivity index (χ2v) is 7.56. The van der Waals surface area contributed by atoms with E-state index in [1.807, 2.05) is 11.0 Å². The quantitative estimate of drug-likeness (QED) is 0.921. The molecule has 1 aromatic carbocycles. The zero-order chi connectivity index (χ0) is 17.0. The fourth-order valence-corrected chi connectivity index (χ4v) is 3.55. The van der Waals surface area contributed by atoms with E-state index in [0.717, 1.165) is 52.4 Å². The molecule has 132 valence electrons. The molecular formula is C19H29N3O2. The maximum atomic E-state index is 12.5. The first kappa shape index (κ1) is 17.2. The molecule has 1 aromatic rings. The van der Waals surface area contributed by atoms with E-state index in [9.17, 15) is 4.79 Å². The van der Waals surface area contributed by atoms with Gasteiger partial charge in [-0.3, -0.25) is 4.90 Å². The number of nitrogens with one attached hydrogen (secondary N) is 1. The van der Waals surface area contributed by atoms with Crippen molar-refractivity contribution >= 4 is 6.03 Å². The first-order chi connectivity index (χ1) is 11.5. The number of rotatable bonds is 4. The van der Waals surface area contributed by atoms with Crippen LogP contribution >= 0.6 is 0 Å². The van der Waals surface area contributed by atoms with Crippen molar-refractivity contribution in [2.24, 2.45) is 5.92 Å². The molecular weight excluding hydrogens is 302 g/mol. The summed E-state index contributed by atoms with van der Waals surface area (Å²) in [6.07, 6.45) is 1.05. The highest BCUT2D eigenvalue weighted by Gasteiger charge is 2.35. The van der Waals surface area contributed by atoms with Crippen molar-refractivity contribution < 1.29 is 9.53 Å². The lowest BCUT2D eigenvalue weighted by molar-refractivity contribution is 0.0295. The van der Waals surface area contributed by atoms with Crippen molar-refractivity contribution in [3.05, 3.63) is 35.9 Å². The molecule has 0 saturated carbocycles. The van der Waals surface area contributed by atoms with Gasteiger partial charge in [0, 0.05) is 50.8 Å². The molecule has 2 fully saturated rings. The molecule has 3 rings (SSSR count). The van der Waals surface area contributed by atoms with Gasteiger partial charge < -0.3 is 15.0 Å². The number of nitrogens with zero attached hydrogens (tertiary/aromatic N) is 2. The van der Waals surface area contributed by atoms with Gasteiger partial charge in [-0.25, -0.2) is 4.79 Å². The number of benzene rings is 1. The zero-order valence-electron chi connectivity index (χ0n) is 14.8. The SMILES string of the molecule is CC1(C)CN(C(=O)NC[C@H]2CCOC2)CCN1Cc1ccccc1. The molecule has 5 heteroatoms. The van der Waals surface area contributed by atoms with Crippen LogP contribution in [0.3, 0.4) is 0 Å². The Bertz CT molecular complexity index is 541. The largest absolute Gasteiger partial charge is 0.381 e. The number of amides is 2. The molecule has 1 N–H and O–H groups in total. The molecule has 0 aliphatic carbocycles. The second-order valence-electron chi connectivity index (χ2n) is 7.56. The maximum Gasteiger partial charge on any atom is 0.317 e. The predicted molar refractivity (Wildman–Crippen MR) is 94.8 cm³/mol. The van der Waals surface area contributed by atoms with Crippen LogP contribution in [-0.4, -0.2) is 60.8 Å². The van der Waals surface area contributed by atoms with E-state index in [-0.39, 0.29) is 11.6 Å². The topological polar surface area (TPSA) is 44.8 Å². The van der Waals surface area contributed by atoms with Gasteiger partial charge in [-0.1, -0.05) is 30.3 Å². The Kier molecular flexibility index (Phi) is 5.41. The van der Waals surface area contributed by atoms with Crippen LogP contribution < -0.4 is 5.32 Å². The lowest BCUT2D eigenvalue weighted by Gasteiger charge is -2.47. The molecule has 2 aliphatic rings. The molecule has 0 radical (unpaired) electrons. The molecule has 2 heterocycles. The molecule has 2 saturated heterocycles. The number of hydrogen-bond donors (Lipinski definition) is 1. The molecule has 0 unspecified atom stereocenters. The monoisotopic (exact) mass is 331 g/mol. The Labute approximate surface area is 145 Å². The zero-order valence-corrected chi connectivity index (χ0v) is 14.8. The minimum Gasteiger partial charge on any atom is -0.381 e. The number of urea groups is 1. The van der Waals surface area contributed by atoms with E-state index in [0.29, 0.717) is 5.92 Å². The molecule has 0 bridgehead atoms. The first-order valence-electron chi connectivity index (χ1n) is 8.94. The van der Waals surface area contributed by atoms with Gasteiger partial charge in [0.1, 0.15) is 0 Å². The third-order valence-electron chi connectivity index (χ3n) is 5.14. The van der Waals surface area contributed by atoms with E-state index in [4.69, 9.17) is 4.74 Å². The van der Waals surface area contributed by atoms with Gasteiger partial charge in [-0.2, -0.15) is 0 Å². The summed E-state index contributed by atoms with van der Waals surface area (Å²) >= 11 is 0. The average Bonchev–Trinajstić information content (AvgIpc) is 3.08. The smallest absolute Gasteiger partial charge is 0.317 e. The van der Waals surface area contributed by atoms with Gasteiger partial charge in [0.15, 0.2) is 0 Å². The summed E-state index contributed by atoms with van der Waals surface area (Å²) in [5.74, 6) is 0.473. The summed E-state index contributed by atoms with van der Waals surface area (Å²) in [6.45, 7) is 10.1. The molecule has 2 amide bonds. The molecule has 2 aliphatic heterocycles. The van der Waals surface area contributed by atoms with Crippen molar-refractivity contribution in [3.8, 4) is 0 Å². The van der Waals surface area contributed by atoms with Gasteiger partial charge in [0.25, 0.3) is 0 Å². The summed E-state index contributed by atoms with van der Waals surface area (Å²) in [7, 11) is 0. The fourth-order valence-electron chi connectivity index (χ4n) is 3.55. The first-order valence-corrected chi connectivity index (χ1v) is 8.94. The Balaban J connectivity index is 1.51. The van der Waals surface area contributed by atoms with Crippen LogP contribution in [0.25, 0.3) is 0 Å². The fraction of sp³-hybridized carbons (Fsp3) is 0.632. The van der Waals surface area contributed by atoms with E-state index < -0.39 is 0 Å². The van der Waals surface area contributed by atoms with Crippen LogP contribution in [0.15, 0.2) is 30.3 Å². The van der Waals surface area contributed by atoms with Gasteiger partial charge in [0.2, 0.25) is 0 Å². The third kappa shape index (κ3) is 4.28. The van der Waals surface area contributed by atoms with Gasteiger partial charge >= 0.3 is 6.03 Å². The lowest BCUT2D eigenvalue weighted by Crippen LogP contribution is -2.61. The minimum absolute atomic E-state index is 0.0259. The van der Waals surface area contributed by atoms with Gasteiger partial charge in [-0.15, -0.1) is 0 Å². The van der Waals surface area contributed by atoms with Crippen molar-refractivity contribution in [1.82, 2.24) is 15.1 Å². The number of carbonyl (C=O) groups excluding carboxylic acids is 1. The number of hydrogen-bond acceptors (Lipinski definition) is 3. The standard InChI is InChI=1S/C19H29N3O2/c1-19(2)15-21(18(23)20-12-17-8-11-24-14-17)9-10-22(19)13-16-6-4-3-5-7-16/h3-7,17H,8-15H2,1-2H3,(H,20,23)/t17-/m1/s1.